The average molecular weight is 528 g/mol. The smallest absolute Gasteiger partial charge is 0.228 e. The summed E-state index contributed by atoms with van der Waals surface area (Å²) >= 11 is 12.6. The van der Waals surface area contributed by atoms with E-state index in [1.54, 1.807) is 6.07 Å². The highest BCUT2D eigenvalue weighted by Gasteiger charge is 2.43. The molecular weight excluding hydrogens is 491 g/mol. The van der Waals surface area contributed by atoms with Crippen molar-refractivity contribution in [3.05, 3.63) is 46.1 Å². The molecule has 2 atom stereocenters. The molecule has 3 fully saturated rings. The fourth-order valence-corrected chi connectivity index (χ4v) is 7.09. The Morgan fingerprint density at radius 1 is 1.08 bits per heavy atom. The summed E-state index contributed by atoms with van der Waals surface area (Å²) in [5.74, 6) is 3.14. The standard InChI is InChI=1S/C28H36Cl2N6/c1-17(22-7-6-20(29)11-23(22)30)32-26-25-24(8-9-31-25)33-27(34-26)36-15-19(16-36)18-5-4-10-35(14-18)21-12-28(2,3)13-21/h6-9,11,17-19,21,31H,4-5,10,12-16H2,1-3H3,(H,32,33,34)/t17-,18+/m1/s1. The second-order valence-electron chi connectivity index (χ2n) is 11.9. The van der Waals surface area contributed by atoms with Crippen LogP contribution < -0.4 is 10.2 Å². The number of fused-ring (bicyclic) bond motifs is 1. The van der Waals surface area contributed by atoms with Crippen LogP contribution in [-0.2, 0) is 0 Å². The molecule has 1 saturated carbocycles. The van der Waals surface area contributed by atoms with E-state index in [1.807, 2.05) is 24.4 Å². The van der Waals surface area contributed by atoms with Crippen LogP contribution in [0.5, 0.6) is 0 Å². The van der Waals surface area contributed by atoms with Gasteiger partial charge in [0.2, 0.25) is 5.95 Å². The lowest BCUT2D eigenvalue weighted by Crippen LogP contribution is -2.57. The Balaban J connectivity index is 1.13. The Morgan fingerprint density at radius 2 is 1.89 bits per heavy atom. The van der Waals surface area contributed by atoms with Crippen molar-refractivity contribution in [2.24, 2.45) is 17.3 Å². The number of halogens is 2. The molecule has 0 bridgehead atoms. The first-order valence-corrected chi connectivity index (χ1v) is 14.1. The number of anilines is 2. The normalized spacial score (nSPS) is 23.9. The summed E-state index contributed by atoms with van der Waals surface area (Å²) in [5.41, 5.74) is 3.37. The summed E-state index contributed by atoms with van der Waals surface area (Å²) in [4.78, 5) is 18.3. The van der Waals surface area contributed by atoms with Gasteiger partial charge in [0.1, 0.15) is 5.52 Å². The Kier molecular flexibility index (Phi) is 6.33. The van der Waals surface area contributed by atoms with Crippen LogP contribution in [0.1, 0.15) is 58.1 Å². The summed E-state index contributed by atoms with van der Waals surface area (Å²) in [6, 6.07) is 8.41. The van der Waals surface area contributed by atoms with Crippen molar-refractivity contribution in [2.75, 3.05) is 36.4 Å². The number of nitrogens with zero attached hydrogens (tertiary/aromatic N) is 4. The Bertz CT molecular complexity index is 1240. The lowest BCUT2D eigenvalue weighted by Gasteiger charge is -2.53. The van der Waals surface area contributed by atoms with Crippen LogP contribution in [0, 0.1) is 17.3 Å². The molecule has 36 heavy (non-hydrogen) atoms. The van der Waals surface area contributed by atoms with Crippen LogP contribution in [-0.4, -0.2) is 52.1 Å². The van der Waals surface area contributed by atoms with Crippen LogP contribution in [0.15, 0.2) is 30.5 Å². The fourth-order valence-electron chi connectivity index (χ4n) is 6.52. The first kappa shape index (κ1) is 24.3. The van der Waals surface area contributed by atoms with Gasteiger partial charge >= 0.3 is 0 Å². The SMILES string of the molecule is C[C@@H](Nc1nc(N2CC([C@H]3CCCN(C4CC(C)(C)C4)C3)C2)nc2cc[nH]c12)c1ccc(Cl)cc1Cl. The highest BCUT2D eigenvalue weighted by molar-refractivity contribution is 6.35. The zero-order valence-corrected chi connectivity index (χ0v) is 22.9. The minimum Gasteiger partial charge on any atom is -0.362 e. The Labute approximate surface area is 223 Å². The molecule has 2 aliphatic heterocycles. The first-order valence-electron chi connectivity index (χ1n) is 13.3. The largest absolute Gasteiger partial charge is 0.362 e. The van der Waals surface area contributed by atoms with E-state index in [-0.39, 0.29) is 6.04 Å². The fraction of sp³-hybridized carbons (Fsp3) is 0.571. The van der Waals surface area contributed by atoms with Gasteiger partial charge < -0.3 is 20.1 Å². The molecule has 192 valence electrons. The van der Waals surface area contributed by atoms with Crippen molar-refractivity contribution in [2.45, 2.75) is 58.5 Å². The molecule has 2 aromatic heterocycles. The van der Waals surface area contributed by atoms with Gasteiger partial charge in [0.05, 0.1) is 11.6 Å². The number of H-pyrrole nitrogens is 1. The lowest BCUT2D eigenvalue weighted by atomic mass is 9.67. The molecule has 6 nitrogen and oxygen atoms in total. The van der Waals surface area contributed by atoms with Crippen molar-refractivity contribution in [3.8, 4) is 0 Å². The van der Waals surface area contributed by atoms with Crippen LogP contribution >= 0.6 is 23.2 Å². The number of benzene rings is 1. The summed E-state index contributed by atoms with van der Waals surface area (Å²) in [7, 11) is 0. The zero-order chi connectivity index (χ0) is 25.0. The molecule has 0 radical (unpaired) electrons. The molecule has 0 unspecified atom stereocenters. The van der Waals surface area contributed by atoms with Gasteiger partial charge in [-0.25, -0.2) is 4.98 Å². The molecule has 3 aromatic rings. The van der Waals surface area contributed by atoms with E-state index in [1.165, 1.54) is 38.8 Å². The molecule has 2 saturated heterocycles. The molecule has 1 aromatic carbocycles. The predicted octanol–water partition coefficient (Wildman–Crippen LogP) is 6.77. The van der Waals surface area contributed by atoms with Gasteiger partial charge in [-0.15, -0.1) is 0 Å². The van der Waals surface area contributed by atoms with Gasteiger partial charge in [0.15, 0.2) is 5.82 Å². The highest BCUT2D eigenvalue weighted by Crippen LogP contribution is 2.45. The van der Waals surface area contributed by atoms with Gasteiger partial charge in [-0.2, -0.15) is 4.98 Å². The van der Waals surface area contributed by atoms with Crippen LogP contribution in [0.4, 0.5) is 11.8 Å². The number of piperidine rings is 1. The zero-order valence-electron chi connectivity index (χ0n) is 21.4. The number of hydrogen-bond donors (Lipinski definition) is 2. The van der Waals surface area contributed by atoms with E-state index < -0.39 is 0 Å². The van der Waals surface area contributed by atoms with Gasteiger partial charge in [-0.1, -0.05) is 43.1 Å². The maximum Gasteiger partial charge on any atom is 0.228 e. The molecule has 2 N–H and O–H groups in total. The second-order valence-corrected chi connectivity index (χ2v) is 12.8. The summed E-state index contributed by atoms with van der Waals surface area (Å²) in [6.07, 6.45) is 7.33. The maximum atomic E-state index is 6.47. The monoisotopic (exact) mass is 526 g/mol. The van der Waals surface area contributed by atoms with Gasteiger partial charge in [-0.05, 0) is 80.2 Å². The molecule has 6 rings (SSSR count). The topological polar surface area (TPSA) is 60.1 Å². The Morgan fingerprint density at radius 3 is 2.64 bits per heavy atom. The molecule has 0 amide bonds. The molecule has 4 heterocycles. The first-order chi connectivity index (χ1) is 17.3. The lowest BCUT2D eigenvalue weighted by molar-refractivity contribution is -0.00912. The van der Waals surface area contributed by atoms with E-state index >= 15 is 0 Å². The molecule has 0 spiro atoms. The van der Waals surface area contributed by atoms with Crippen molar-refractivity contribution < 1.29 is 0 Å². The van der Waals surface area contributed by atoms with E-state index in [0.29, 0.717) is 15.5 Å². The molecule has 1 aliphatic carbocycles. The van der Waals surface area contributed by atoms with Crippen LogP contribution in [0.25, 0.3) is 11.0 Å². The number of hydrogen-bond acceptors (Lipinski definition) is 5. The third kappa shape index (κ3) is 4.68. The van der Waals surface area contributed by atoms with E-state index in [9.17, 15) is 0 Å². The van der Waals surface area contributed by atoms with Crippen molar-refractivity contribution in [1.82, 2.24) is 19.9 Å². The van der Waals surface area contributed by atoms with Gasteiger partial charge in [0.25, 0.3) is 0 Å². The number of aromatic amines is 1. The van der Waals surface area contributed by atoms with Crippen molar-refractivity contribution in [1.29, 1.82) is 0 Å². The number of aromatic nitrogens is 3. The minimum atomic E-state index is -0.0298. The van der Waals surface area contributed by atoms with Crippen molar-refractivity contribution >= 4 is 46.0 Å². The third-order valence-electron chi connectivity index (χ3n) is 8.62. The highest BCUT2D eigenvalue weighted by atomic mass is 35.5. The number of likely N-dealkylation sites (tertiary alicyclic amines) is 1. The summed E-state index contributed by atoms with van der Waals surface area (Å²) in [5, 5.41) is 4.85. The average Bonchev–Trinajstić information content (AvgIpc) is 3.26. The van der Waals surface area contributed by atoms with Crippen LogP contribution in [0.3, 0.4) is 0 Å². The molecule has 8 heteroatoms. The van der Waals surface area contributed by atoms with Gasteiger partial charge in [0, 0.05) is 41.9 Å². The third-order valence-corrected chi connectivity index (χ3v) is 9.18. The van der Waals surface area contributed by atoms with Crippen molar-refractivity contribution in [3.63, 3.8) is 0 Å². The molecular formula is C28H36Cl2N6. The van der Waals surface area contributed by atoms with Gasteiger partial charge in [-0.3, -0.25) is 0 Å². The van der Waals surface area contributed by atoms with Crippen LogP contribution in [0.2, 0.25) is 10.0 Å². The minimum absolute atomic E-state index is 0.0298. The van der Waals surface area contributed by atoms with E-state index in [0.717, 1.165) is 59.3 Å². The van der Waals surface area contributed by atoms with E-state index in [2.05, 4.69) is 40.9 Å². The molecule has 3 aliphatic rings. The summed E-state index contributed by atoms with van der Waals surface area (Å²) < 4.78 is 0. The van der Waals surface area contributed by atoms with E-state index in [4.69, 9.17) is 33.2 Å². The Hall–Kier alpha value is -2.02. The maximum absolute atomic E-state index is 6.47. The quantitative estimate of drug-likeness (QED) is 0.370. The predicted molar refractivity (Wildman–Crippen MR) is 149 cm³/mol. The number of rotatable bonds is 6. The number of nitrogens with one attached hydrogen (secondary N) is 2. The summed E-state index contributed by atoms with van der Waals surface area (Å²) in [6.45, 7) is 11.5. The second kappa shape index (κ2) is 9.38.